The Morgan fingerprint density at radius 2 is 1.96 bits per heavy atom. The van der Waals surface area contributed by atoms with Crippen LogP contribution in [0.1, 0.15) is 34.9 Å². The number of nitrogens with one attached hydrogen (secondary N) is 2. The molecule has 3 heterocycles. The maximum absolute atomic E-state index is 13.2. The molecule has 4 rings (SSSR count). The van der Waals surface area contributed by atoms with E-state index in [4.69, 9.17) is 11.6 Å². The van der Waals surface area contributed by atoms with Gasteiger partial charge in [-0.1, -0.05) is 23.7 Å². The zero-order chi connectivity index (χ0) is 18.1. The molecule has 6 nitrogen and oxygen atoms in total. The predicted octanol–water partition coefficient (Wildman–Crippen LogP) is 3.61. The quantitative estimate of drug-likeness (QED) is 0.736. The molecule has 26 heavy (non-hydrogen) atoms. The van der Waals surface area contributed by atoms with E-state index in [9.17, 15) is 9.18 Å². The number of aromatic nitrogens is 4. The summed E-state index contributed by atoms with van der Waals surface area (Å²) in [5.74, 6) is -0.304. The third kappa shape index (κ3) is 3.10. The first-order valence-corrected chi connectivity index (χ1v) is 8.78. The number of piperidine rings is 1. The first-order valence-electron chi connectivity index (χ1n) is 8.41. The molecule has 0 bridgehead atoms. The van der Waals surface area contributed by atoms with E-state index >= 15 is 0 Å². The van der Waals surface area contributed by atoms with Gasteiger partial charge in [0.15, 0.2) is 0 Å². The van der Waals surface area contributed by atoms with Crippen LogP contribution < -0.4 is 0 Å². The molecule has 1 aliphatic rings. The van der Waals surface area contributed by atoms with Gasteiger partial charge in [-0.3, -0.25) is 15.0 Å². The van der Waals surface area contributed by atoms with Crippen LogP contribution in [0.5, 0.6) is 0 Å². The van der Waals surface area contributed by atoms with Crippen molar-refractivity contribution in [1.82, 2.24) is 25.3 Å². The van der Waals surface area contributed by atoms with Gasteiger partial charge in [0.2, 0.25) is 0 Å². The summed E-state index contributed by atoms with van der Waals surface area (Å²) in [5, 5.41) is 14.0. The van der Waals surface area contributed by atoms with Crippen LogP contribution in [-0.4, -0.2) is 44.3 Å². The van der Waals surface area contributed by atoms with E-state index in [0.717, 1.165) is 29.7 Å². The Bertz CT molecular complexity index is 920. The second-order valence-electron chi connectivity index (χ2n) is 6.39. The second-order valence-corrected chi connectivity index (χ2v) is 6.79. The minimum absolute atomic E-state index is 0.122. The third-order valence-corrected chi connectivity index (χ3v) is 5.03. The monoisotopic (exact) mass is 373 g/mol. The number of nitrogens with zero attached hydrogens (tertiary/aromatic N) is 3. The van der Waals surface area contributed by atoms with Crippen molar-refractivity contribution in [3.63, 3.8) is 0 Å². The average molecular weight is 374 g/mol. The molecule has 0 aliphatic carbocycles. The average Bonchev–Trinajstić information content (AvgIpc) is 3.31. The Kier molecular flexibility index (Phi) is 4.46. The number of halogens is 2. The fourth-order valence-corrected chi connectivity index (χ4v) is 3.62. The van der Waals surface area contributed by atoms with Gasteiger partial charge in [0.25, 0.3) is 5.91 Å². The largest absolute Gasteiger partial charge is 0.337 e. The summed E-state index contributed by atoms with van der Waals surface area (Å²) >= 11 is 6.02. The fraction of sp³-hybridized carbons (Fsp3) is 0.278. The highest BCUT2D eigenvalue weighted by Crippen LogP contribution is 2.33. The lowest BCUT2D eigenvalue weighted by molar-refractivity contribution is 0.0700. The lowest BCUT2D eigenvalue weighted by Gasteiger charge is -2.32. The Morgan fingerprint density at radius 3 is 2.69 bits per heavy atom. The number of likely N-dealkylation sites (tertiary alicyclic amines) is 1. The smallest absolute Gasteiger partial charge is 0.273 e. The van der Waals surface area contributed by atoms with Gasteiger partial charge in [0.05, 0.1) is 17.4 Å². The zero-order valence-electron chi connectivity index (χ0n) is 13.9. The molecule has 3 aromatic rings. The second kappa shape index (κ2) is 6.92. The Balaban J connectivity index is 1.57. The number of hydrogen-bond donors (Lipinski definition) is 2. The molecule has 0 radical (unpaired) electrons. The number of benzene rings is 1. The summed E-state index contributed by atoms with van der Waals surface area (Å²) < 4.78 is 13.2. The number of aromatic amines is 2. The van der Waals surface area contributed by atoms with Gasteiger partial charge in [-0.05, 0) is 30.5 Å². The minimum atomic E-state index is -0.273. The number of rotatable bonds is 3. The van der Waals surface area contributed by atoms with Crippen molar-refractivity contribution in [2.75, 3.05) is 13.1 Å². The van der Waals surface area contributed by atoms with Crippen LogP contribution in [0.15, 0.2) is 36.7 Å². The molecule has 1 fully saturated rings. The van der Waals surface area contributed by atoms with E-state index in [1.807, 2.05) is 0 Å². The number of H-pyrrole nitrogens is 2. The first kappa shape index (κ1) is 16.8. The Hall–Kier alpha value is -2.67. The molecule has 1 aliphatic heterocycles. The van der Waals surface area contributed by atoms with Crippen molar-refractivity contribution < 1.29 is 9.18 Å². The molecule has 1 saturated heterocycles. The van der Waals surface area contributed by atoms with Gasteiger partial charge < -0.3 is 4.90 Å². The molecular formula is C18H17ClFN5O. The molecule has 2 aromatic heterocycles. The summed E-state index contributed by atoms with van der Waals surface area (Å²) in [6.45, 7) is 1.23. The van der Waals surface area contributed by atoms with Crippen LogP contribution in [-0.2, 0) is 0 Å². The van der Waals surface area contributed by atoms with Gasteiger partial charge in [-0.25, -0.2) is 4.39 Å². The molecule has 1 aromatic carbocycles. The normalized spacial score (nSPS) is 17.5. The van der Waals surface area contributed by atoms with Crippen molar-refractivity contribution in [2.24, 2.45) is 0 Å². The predicted molar refractivity (Wildman–Crippen MR) is 95.5 cm³/mol. The van der Waals surface area contributed by atoms with Gasteiger partial charge in [0.1, 0.15) is 11.5 Å². The van der Waals surface area contributed by atoms with E-state index < -0.39 is 0 Å². The summed E-state index contributed by atoms with van der Waals surface area (Å²) in [4.78, 5) is 14.5. The molecule has 0 saturated carbocycles. The standard InChI is InChI=1S/C18H17ClFN5O/c19-15-9-22-24-17(15)18(26)25-7-1-2-12(10-25)16-14(8-21-23-16)11-3-5-13(20)6-4-11/h3-6,8-9,12H,1-2,7,10H2,(H,21,23)(H,22,24)/t12-/m0/s1. The lowest BCUT2D eigenvalue weighted by Crippen LogP contribution is -2.39. The SMILES string of the molecule is O=C(c1[nH]ncc1Cl)N1CCC[C@H](c2[nH]ncc2-c2ccc(F)cc2)C1. The topological polar surface area (TPSA) is 77.7 Å². The first-order chi connectivity index (χ1) is 12.6. The Morgan fingerprint density at radius 1 is 1.19 bits per heavy atom. The van der Waals surface area contributed by atoms with Gasteiger partial charge in [-0.15, -0.1) is 0 Å². The van der Waals surface area contributed by atoms with Crippen molar-refractivity contribution >= 4 is 17.5 Å². The molecular weight excluding hydrogens is 357 g/mol. The van der Waals surface area contributed by atoms with Crippen LogP contribution in [0.3, 0.4) is 0 Å². The Labute approximate surface area is 154 Å². The molecule has 2 N–H and O–H groups in total. The van der Waals surface area contributed by atoms with Crippen molar-refractivity contribution in [3.05, 3.63) is 58.9 Å². The number of hydrogen-bond acceptors (Lipinski definition) is 3. The van der Waals surface area contributed by atoms with Crippen molar-refractivity contribution in [2.45, 2.75) is 18.8 Å². The van der Waals surface area contributed by atoms with Crippen LogP contribution >= 0.6 is 11.6 Å². The molecule has 0 spiro atoms. The molecule has 1 atom stereocenters. The summed E-state index contributed by atoms with van der Waals surface area (Å²) in [6.07, 6.45) is 4.99. The van der Waals surface area contributed by atoms with E-state index in [0.29, 0.717) is 23.8 Å². The fourth-order valence-electron chi connectivity index (χ4n) is 3.44. The number of carbonyl (C=O) groups excluding carboxylic acids is 1. The highest BCUT2D eigenvalue weighted by molar-refractivity contribution is 6.33. The maximum Gasteiger partial charge on any atom is 0.273 e. The van der Waals surface area contributed by atoms with Crippen molar-refractivity contribution in [3.8, 4) is 11.1 Å². The maximum atomic E-state index is 13.2. The van der Waals surface area contributed by atoms with Crippen LogP contribution in [0.4, 0.5) is 4.39 Å². The van der Waals surface area contributed by atoms with Gasteiger partial charge in [-0.2, -0.15) is 10.2 Å². The number of carbonyl (C=O) groups is 1. The van der Waals surface area contributed by atoms with E-state index in [1.54, 1.807) is 23.2 Å². The van der Waals surface area contributed by atoms with E-state index in [2.05, 4.69) is 20.4 Å². The third-order valence-electron chi connectivity index (χ3n) is 4.75. The molecule has 1 amide bonds. The van der Waals surface area contributed by atoms with Crippen molar-refractivity contribution in [1.29, 1.82) is 0 Å². The van der Waals surface area contributed by atoms with Crippen LogP contribution in [0, 0.1) is 5.82 Å². The lowest BCUT2D eigenvalue weighted by atomic mass is 9.90. The number of amides is 1. The summed E-state index contributed by atoms with van der Waals surface area (Å²) in [5.41, 5.74) is 3.11. The molecule has 8 heteroatoms. The van der Waals surface area contributed by atoms with Crippen LogP contribution in [0.25, 0.3) is 11.1 Å². The molecule has 0 unspecified atom stereocenters. The summed E-state index contributed by atoms with van der Waals surface area (Å²) in [6, 6.07) is 6.34. The minimum Gasteiger partial charge on any atom is -0.337 e. The zero-order valence-corrected chi connectivity index (χ0v) is 14.6. The van der Waals surface area contributed by atoms with Gasteiger partial charge in [0, 0.05) is 30.3 Å². The highest BCUT2D eigenvalue weighted by Gasteiger charge is 2.29. The highest BCUT2D eigenvalue weighted by atomic mass is 35.5. The van der Waals surface area contributed by atoms with E-state index in [-0.39, 0.29) is 17.6 Å². The molecule has 134 valence electrons. The van der Waals surface area contributed by atoms with Crippen LogP contribution in [0.2, 0.25) is 5.02 Å². The van der Waals surface area contributed by atoms with E-state index in [1.165, 1.54) is 18.3 Å². The summed E-state index contributed by atoms with van der Waals surface area (Å²) in [7, 11) is 0. The van der Waals surface area contributed by atoms with Gasteiger partial charge >= 0.3 is 0 Å².